The van der Waals surface area contributed by atoms with Gasteiger partial charge in [0, 0.05) is 25.2 Å². The molecule has 0 bridgehead atoms. The Kier molecular flexibility index (Phi) is 31.7. The van der Waals surface area contributed by atoms with Crippen LogP contribution >= 0.6 is 0 Å². The van der Waals surface area contributed by atoms with Crippen LogP contribution in [0, 0.1) is 0 Å². The molecule has 0 fully saturated rings. The maximum atomic E-state index is 12.6. The Labute approximate surface area is 316 Å². The molecule has 1 atom stereocenters. The Morgan fingerprint density at radius 3 is 1.65 bits per heavy atom. The van der Waals surface area contributed by atoms with Gasteiger partial charge < -0.3 is 14.2 Å². The van der Waals surface area contributed by atoms with Gasteiger partial charge in [-0.15, -0.1) is 0 Å². The average molecular weight is 720 g/mol. The fraction of sp³-hybridized carbons (Fsp3) is 0.600. The van der Waals surface area contributed by atoms with Gasteiger partial charge in [-0.25, -0.2) is 4.79 Å². The normalized spacial score (nSPS) is 12.5. The van der Waals surface area contributed by atoms with E-state index in [-0.39, 0.29) is 31.6 Å². The van der Waals surface area contributed by atoms with E-state index in [1.54, 1.807) is 18.3 Å². The van der Waals surface area contributed by atoms with E-state index in [0.29, 0.717) is 12.0 Å². The maximum Gasteiger partial charge on any atom is 0.339 e. The molecule has 0 saturated heterocycles. The Hall–Kier alpha value is -3.74. The summed E-state index contributed by atoms with van der Waals surface area (Å²) >= 11 is 0. The van der Waals surface area contributed by atoms with Crippen molar-refractivity contribution < 1.29 is 28.6 Å². The predicted molar refractivity (Wildman–Crippen MR) is 214 cm³/mol. The van der Waals surface area contributed by atoms with Gasteiger partial charge in [-0.05, 0) is 89.2 Å². The number of ether oxygens (including phenoxy) is 3. The molecule has 0 spiro atoms. The molecule has 1 aromatic heterocycles. The molecular formula is C45H69NO6. The smallest absolute Gasteiger partial charge is 0.339 e. The van der Waals surface area contributed by atoms with Gasteiger partial charge in [0.05, 0.1) is 5.56 Å². The van der Waals surface area contributed by atoms with E-state index in [1.807, 2.05) is 0 Å². The molecule has 0 aromatic carbocycles. The van der Waals surface area contributed by atoms with E-state index >= 15 is 0 Å². The number of unbranched alkanes of at least 4 members (excludes halogenated alkanes) is 13. The molecule has 0 aliphatic heterocycles. The fourth-order valence-electron chi connectivity index (χ4n) is 5.32. The topological polar surface area (TPSA) is 91.8 Å². The summed E-state index contributed by atoms with van der Waals surface area (Å²) in [6, 6.07) is 3.25. The molecule has 0 saturated carbocycles. The quantitative estimate of drug-likeness (QED) is 0.0309. The Morgan fingerprint density at radius 2 is 1.10 bits per heavy atom. The molecule has 7 heteroatoms. The minimum Gasteiger partial charge on any atom is -0.462 e. The van der Waals surface area contributed by atoms with Crippen LogP contribution in [0.5, 0.6) is 0 Å². The molecule has 0 radical (unpaired) electrons. The number of carbonyl (C=O) groups is 3. The number of pyridine rings is 1. The van der Waals surface area contributed by atoms with Gasteiger partial charge in [0.25, 0.3) is 0 Å². The van der Waals surface area contributed by atoms with Gasteiger partial charge in [-0.1, -0.05) is 126 Å². The zero-order valence-corrected chi connectivity index (χ0v) is 32.5. The second-order valence-corrected chi connectivity index (χ2v) is 13.2. The molecule has 290 valence electrons. The third-order valence-electron chi connectivity index (χ3n) is 8.39. The number of nitrogens with zero attached hydrogens (tertiary/aromatic N) is 1. The van der Waals surface area contributed by atoms with Crippen LogP contribution < -0.4 is 0 Å². The molecule has 0 aliphatic carbocycles. The van der Waals surface area contributed by atoms with E-state index in [0.717, 1.165) is 103 Å². The zero-order chi connectivity index (χ0) is 37.6. The van der Waals surface area contributed by atoms with Crippen molar-refractivity contribution in [2.24, 2.45) is 0 Å². The third-order valence-corrected chi connectivity index (χ3v) is 8.39. The highest BCUT2D eigenvalue weighted by molar-refractivity contribution is 5.88. The van der Waals surface area contributed by atoms with Crippen LogP contribution in [0.3, 0.4) is 0 Å². The maximum absolute atomic E-state index is 12.6. The van der Waals surface area contributed by atoms with Crippen LogP contribution in [0.15, 0.2) is 85.3 Å². The van der Waals surface area contributed by atoms with E-state index in [2.05, 4.69) is 79.6 Å². The van der Waals surface area contributed by atoms with Gasteiger partial charge in [0.2, 0.25) is 0 Å². The SMILES string of the molecule is CC/C=C\C/C=C\C/C=C\CCCCCCCC(=O)O[C@H](COC(=O)CCCCCCC/C=C\C/C=C\CCCCC)COC(=O)c1cccnc1. The van der Waals surface area contributed by atoms with Gasteiger partial charge >= 0.3 is 17.9 Å². The number of aromatic nitrogens is 1. The molecule has 0 aliphatic rings. The molecular weight excluding hydrogens is 650 g/mol. The lowest BCUT2D eigenvalue weighted by Crippen LogP contribution is -2.31. The lowest BCUT2D eigenvalue weighted by atomic mass is 10.1. The van der Waals surface area contributed by atoms with Crippen molar-refractivity contribution in [2.45, 2.75) is 161 Å². The average Bonchev–Trinajstić information content (AvgIpc) is 3.16. The third kappa shape index (κ3) is 29.9. The molecule has 1 rings (SSSR count). The van der Waals surface area contributed by atoms with Crippen LogP contribution in [0.25, 0.3) is 0 Å². The van der Waals surface area contributed by atoms with Crippen molar-refractivity contribution in [3.05, 3.63) is 90.9 Å². The zero-order valence-electron chi connectivity index (χ0n) is 32.5. The highest BCUT2D eigenvalue weighted by atomic mass is 16.6. The summed E-state index contributed by atoms with van der Waals surface area (Å²) in [6.07, 6.45) is 46.3. The lowest BCUT2D eigenvalue weighted by molar-refractivity contribution is -0.161. The van der Waals surface area contributed by atoms with Gasteiger partial charge in [-0.3, -0.25) is 14.6 Å². The summed E-state index contributed by atoms with van der Waals surface area (Å²) in [5.41, 5.74) is 0.300. The van der Waals surface area contributed by atoms with E-state index in [4.69, 9.17) is 14.2 Å². The van der Waals surface area contributed by atoms with E-state index in [1.165, 1.54) is 31.9 Å². The fourth-order valence-corrected chi connectivity index (χ4v) is 5.32. The van der Waals surface area contributed by atoms with Crippen LogP contribution in [0.1, 0.15) is 165 Å². The first-order chi connectivity index (χ1) is 25.6. The van der Waals surface area contributed by atoms with Gasteiger partial charge in [-0.2, -0.15) is 0 Å². The number of hydrogen-bond acceptors (Lipinski definition) is 7. The van der Waals surface area contributed by atoms with Crippen molar-refractivity contribution in [1.29, 1.82) is 0 Å². The first kappa shape index (κ1) is 46.3. The lowest BCUT2D eigenvalue weighted by Gasteiger charge is -2.18. The summed E-state index contributed by atoms with van der Waals surface area (Å²) in [5, 5.41) is 0. The summed E-state index contributed by atoms with van der Waals surface area (Å²) < 4.78 is 16.4. The Morgan fingerprint density at radius 1 is 0.596 bits per heavy atom. The van der Waals surface area contributed by atoms with Crippen molar-refractivity contribution in [1.82, 2.24) is 4.98 Å². The molecule has 0 N–H and O–H groups in total. The van der Waals surface area contributed by atoms with Crippen LogP contribution in [0.2, 0.25) is 0 Å². The highest BCUT2D eigenvalue weighted by Crippen LogP contribution is 2.12. The summed E-state index contributed by atoms with van der Waals surface area (Å²) in [5.74, 6) is -1.29. The van der Waals surface area contributed by atoms with Crippen LogP contribution in [0.4, 0.5) is 0 Å². The molecule has 0 amide bonds. The van der Waals surface area contributed by atoms with Gasteiger partial charge in [0.1, 0.15) is 13.2 Å². The Balaban J connectivity index is 2.27. The number of allylic oxidation sites excluding steroid dienone is 10. The first-order valence-corrected chi connectivity index (χ1v) is 20.2. The standard InChI is InChI=1S/C45H69NO6/c1-3-5-7-9-11-13-15-17-19-21-23-25-27-29-31-35-43(47)50-39-42(40-51-45(49)41-34-33-37-46-38-41)52-44(48)36-32-30-28-26-24-22-20-18-16-14-12-10-8-6-4-2/h6,8,11-14,17-20,33-34,37-38,42H,3-5,7,9-10,15-16,21-32,35-36,39-40H2,1-2H3/b8-6-,13-11-,14-12-,19-17-,20-18-/t42-/m1/s1. The van der Waals surface area contributed by atoms with Crippen LogP contribution in [-0.2, 0) is 23.8 Å². The number of esters is 3. The summed E-state index contributed by atoms with van der Waals surface area (Å²) in [4.78, 5) is 41.5. The minimum atomic E-state index is -0.865. The van der Waals surface area contributed by atoms with Gasteiger partial charge in [0.15, 0.2) is 6.10 Å². The molecule has 7 nitrogen and oxygen atoms in total. The summed E-state index contributed by atoms with van der Waals surface area (Å²) in [6.45, 7) is 4.02. The second kappa shape index (κ2) is 35.7. The number of carbonyl (C=O) groups excluding carboxylic acids is 3. The largest absolute Gasteiger partial charge is 0.462 e. The van der Waals surface area contributed by atoms with E-state index in [9.17, 15) is 14.4 Å². The van der Waals surface area contributed by atoms with Crippen molar-refractivity contribution in [3.63, 3.8) is 0 Å². The molecule has 1 heterocycles. The highest BCUT2D eigenvalue weighted by Gasteiger charge is 2.20. The Bertz CT molecular complexity index is 1170. The monoisotopic (exact) mass is 720 g/mol. The molecule has 1 aromatic rings. The van der Waals surface area contributed by atoms with Crippen molar-refractivity contribution in [2.75, 3.05) is 13.2 Å². The number of hydrogen-bond donors (Lipinski definition) is 0. The second-order valence-electron chi connectivity index (χ2n) is 13.2. The van der Waals surface area contributed by atoms with Crippen molar-refractivity contribution >= 4 is 17.9 Å². The summed E-state index contributed by atoms with van der Waals surface area (Å²) in [7, 11) is 0. The predicted octanol–water partition coefficient (Wildman–Crippen LogP) is 12.1. The molecule has 52 heavy (non-hydrogen) atoms. The first-order valence-electron chi connectivity index (χ1n) is 20.2. The minimum absolute atomic E-state index is 0.148. The van der Waals surface area contributed by atoms with Crippen LogP contribution in [-0.4, -0.2) is 42.2 Å². The van der Waals surface area contributed by atoms with Crippen molar-refractivity contribution in [3.8, 4) is 0 Å². The molecule has 0 unspecified atom stereocenters. The van der Waals surface area contributed by atoms with E-state index < -0.39 is 12.1 Å². The number of rotatable bonds is 33.